The minimum atomic E-state index is -0.285. The van der Waals surface area contributed by atoms with Crippen LogP contribution in [0.4, 0.5) is 5.13 Å². The van der Waals surface area contributed by atoms with Gasteiger partial charge in [-0.2, -0.15) is 0 Å². The van der Waals surface area contributed by atoms with Crippen molar-refractivity contribution in [2.75, 3.05) is 18.5 Å². The highest BCUT2D eigenvalue weighted by atomic mass is 32.1. The third-order valence-corrected chi connectivity index (χ3v) is 3.38. The summed E-state index contributed by atoms with van der Waals surface area (Å²) in [5, 5.41) is 3.82. The van der Waals surface area contributed by atoms with Crippen molar-refractivity contribution in [1.29, 1.82) is 0 Å². The van der Waals surface area contributed by atoms with Gasteiger partial charge >= 0.3 is 5.97 Å². The van der Waals surface area contributed by atoms with Gasteiger partial charge < -0.3 is 15.8 Å². The van der Waals surface area contributed by atoms with E-state index in [1.165, 1.54) is 11.3 Å². The fourth-order valence-corrected chi connectivity index (χ4v) is 2.15. The molecule has 1 aromatic heterocycles. The first-order chi connectivity index (χ1) is 8.54. The van der Waals surface area contributed by atoms with Crippen LogP contribution >= 0.6 is 11.3 Å². The first kappa shape index (κ1) is 14.9. The van der Waals surface area contributed by atoms with E-state index in [2.05, 4.69) is 17.2 Å². The summed E-state index contributed by atoms with van der Waals surface area (Å²) >= 11 is 1.32. The molecule has 1 aromatic rings. The fourth-order valence-electron chi connectivity index (χ4n) is 1.28. The average Bonchev–Trinajstić information content (AvgIpc) is 2.68. The molecule has 0 aliphatic carbocycles. The summed E-state index contributed by atoms with van der Waals surface area (Å²) in [6.07, 6.45) is 1.90. The van der Waals surface area contributed by atoms with Gasteiger partial charge in [0.25, 0.3) is 0 Å². The van der Waals surface area contributed by atoms with Crippen LogP contribution in [0.3, 0.4) is 0 Å². The van der Waals surface area contributed by atoms with Crippen molar-refractivity contribution < 1.29 is 9.53 Å². The van der Waals surface area contributed by atoms with E-state index in [1.54, 1.807) is 0 Å². The van der Waals surface area contributed by atoms with Crippen LogP contribution in [-0.2, 0) is 4.74 Å². The lowest BCUT2D eigenvalue weighted by Gasteiger charge is -2.04. The molecule has 0 fully saturated rings. The molecule has 0 aliphatic heterocycles. The zero-order valence-corrected chi connectivity index (χ0v) is 12.0. The quantitative estimate of drug-likeness (QED) is 0.587. The highest BCUT2D eigenvalue weighted by Gasteiger charge is 2.16. The molecule has 5 nitrogen and oxygen atoms in total. The van der Waals surface area contributed by atoms with Crippen molar-refractivity contribution in [1.82, 2.24) is 4.98 Å². The number of nitrogens with two attached hydrogens (primary N) is 1. The van der Waals surface area contributed by atoms with E-state index in [0.29, 0.717) is 28.9 Å². The number of carbonyl (C=O) groups is 1. The maximum atomic E-state index is 11.8. The number of carbonyl (C=O) groups excluding carboxylic acids is 1. The van der Waals surface area contributed by atoms with E-state index in [1.807, 2.05) is 13.8 Å². The molecule has 0 saturated carbocycles. The zero-order valence-electron chi connectivity index (χ0n) is 11.2. The van der Waals surface area contributed by atoms with Gasteiger partial charge in [0.2, 0.25) is 0 Å². The molecular weight excluding hydrogens is 250 g/mol. The van der Waals surface area contributed by atoms with Crippen molar-refractivity contribution in [3.63, 3.8) is 0 Å². The lowest BCUT2D eigenvalue weighted by Crippen LogP contribution is -2.25. The standard InChI is InChI=1S/C12H21N3O2S/c1-4-5-6-17-11(16)10-9(3)15-12(18-10)14-7-8(2)13/h8H,4-7,13H2,1-3H3,(H,14,15). The maximum absolute atomic E-state index is 11.8. The maximum Gasteiger partial charge on any atom is 0.350 e. The molecule has 0 spiro atoms. The number of nitrogens with one attached hydrogen (secondary N) is 1. The summed E-state index contributed by atoms with van der Waals surface area (Å²) in [6, 6.07) is 0.0501. The highest BCUT2D eigenvalue weighted by molar-refractivity contribution is 7.17. The first-order valence-electron chi connectivity index (χ1n) is 6.18. The van der Waals surface area contributed by atoms with Gasteiger partial charge in [0.1, 0.15) is 4.88 Å². The minimum absolute atomic E-state index is 0.0501. The molecule has 1 unspecified atom stereocenters. The molecule has 18 heavy (non-hydrogen) atoms. The number of esters is 1. The fraction of sp³-hybridized carbons (Fsp3) is 0.667. The minimum Gasteiger partial charge on any atom is -0.461 e. The van der Waals surface area contributed by atoms with Crippen LogP contribution in [0.2, 0.25) is 0 Å². The summed E-state index contributed by atoms with van der Waals surface area (Å²) in [4.78, 5) is 16.6. The van der Waals surface area contributed by atoms with Gasteiger partial charge in [0, 0.05) is 12.6 Å². The smallest absolute Gasteiger partial charge is 0.350 e. The Morgan fingerprint density at radius 3 is 2.94 bits per heavy atom. The number of unbranched alkanes of at least 4 members (excludes halogenated alkanes) is 1. The Morgan fingerprint density at radius 1 is 1.61 bits per heavy atom. The second-order valence-electron chi connectivity index (χ2n) is 4.28. The van der Waals surface area contributed by atoms with E-state index in [-0.39, 0.29) is 12.0 Å². The van der Waals surface area contributed by atoms with Crippen LogP contribution in [0.25, 0.3) is 0 Å². The topological polar surface area (TPSA) is 77.2 Å². The van der Waals surface area contributed by atoms with Gasteiger partial charge in [-0.15, -0.1) is 0 Å². The Balaban J connectivity index is 2.57. The number of thiazole rings is 1. The summed E-state index contributed by atoms with van der Waals surface area (Å²) in [7, 11) is 0. The third-order valence-electron chi connectivity index (χ3n) is 2.29. The van der Waals surface area contributed by atoms with E-state index in [0.717, 1.165) is 12.8 Å². The van der Waals surface area contributed by atoms with Crippen molar-refractivity contribution in [2.24, 2.45) is 5.73 Å². The largest absolute Gasteiger partial charge is 0.461 e. The number of hydrogen-bond donors (Lipinski definition) is 2. The molecule has 0 saturated heterocycles. The molecule has 0 bridgehead atoms. The van der Waals surface area contributed by atoms with Gasteiger partial charge in [-0.05, 0) is 20.3 Å². The van der Waals surface area contributed by atoms with Crippen LogP contribution in [0.1, 0.15) is 42.1 Å². The van der Waals surface area contributed by atoms with Crippen molar-refractivity contribution >= 4 is 22.4 Å². The van der Waals surface area contributed by atoms with Crippen molar-refractivity contribution in [3.8, 4) is 0 Å². The second-order valence-corrected chi connectivity index (χ2v) is 5.28. The first-order valence-corrected chi connectivity index (χ1v) is 7.00. The Labute approximate surface area is 112 Å². The summed E-state index contributed by atoms with van der Waals surface area (Å²) in [5.74, 6) is -0.285. The van der Waals surface area contributed by atoms with Gasteiger partial charge in [-0.1, -0.05) is 24.7 Å². The number of aromatic nitrogens is 1. The predicted octanol–water partition coefficient (Wildman–Crippen LogP) is 2.17. The van der Waals surface area contributed by atoms with Gasteiger partial charge in [-0.25, -0.2) is 9.78 Å². The van der Waals surface area contributed by atoms with Crippen molar-refractivity contribution in [2.45, 2.75) is 39.7 Å². The van der Waals surface area contributed by atoms with Crippen LogP contribution in [-0.4, -0.2) is 30.1 Å². The molecule has 6 heteroatoms. The lowest BCUT2D eigenvalue weighted by molar-refractivity contribution is 0.0504. The Morgan fingerprint density at radius 2 is 2.33 bits per heavy atom. The molecule has 1 rings (SSSR count). The van der Waals surface area contributed by atoms with Gasteiger partial charge in [0.05, 0.1) is 12.3 Å². The zero-order chi connectivity index (χ0) is 13.5. The molecule has 0 amide bonds. The summed E-state index contributed by atoms with van der Waals surface area (Å²) in [5.41, 5.74) is 6.35. The van der Waals surface area contributed by atoms with Crippen LogP contribution in [0.15, 0.2) is 0 Å². The lowest BCUT2D eigenvalue weighted by atomic mass is 10.3. The van der Waals surface area contributed by atoms with Crippen LogP contribution in [0.5, 0.6) is 0 Å². The highest BCUT2D eigenvalue weighted by Crippen LogP contribution is 2.23. The molecule has 0 aliphatic rings. The van der Waals surface area contributed by atoms with E-state index in [4.69, 9.17) is 10.5 Å². The molecule has 102 valence electrons. The molecular formula is C12H21N3O2S. The number of hydrogen-bond acceptors (Lipinski definition) is 6. The Hall–Kier alpha value is -1.14. The van der Waals surface area contributed by atoms with Crippen LogP contribution < -0.4 is 11.1 Å². The Bertz CT molecular complexity index is 391. The number of ether oxygens (including phenoxy) is 1. The number of aryl methyl sites for hydroxylation is 1. The average molecular weight is 271 g/mol. The van der Waals surface area contributed by atoms with E-state index >= 15 is 0 Å². The van der Waals surface area contributed by atoms with Crippen molar-refractivity contribution in [3.05, 3.63) is 10.6 Å². The summed E-state index contributed by atoms with van der Waals surface area (Å²) < 4.78 is 5.17. The Kier molecular flexibility index (Phi) is 6.07. The van der Waals surface area contributed by atoms with Gasteiger partial charge in [0.15, 0.2) is 5.13 Å². The third kappa shape index (κ3) is 4.62. The monoisotopic (exact) mass is 271 g/mol. The van der Waals surface area contributed by atoms with E-state index < -0.39 is 0 Å². The number of nitrogens with zero attached hydrogens (tertiary/aromatic N) is 1. The predicted molar refractivity (Wildman–Crippen MR) is 74.2 cm³/mol. The summed E-state index contributed by atoms with van der Waals surface area (Å²) in [6.45, 7) is 6.88. The SMILES string of the molecule is CCCCOC(=O)c1sc(NCC(C)N)nc1C. The van der Waals surface area contributed by atoms with Gasteiger partial charge in [-0.3, -0.25) is 0 Å². The van der Waals surface area contributed by atoms with E-state index in [9.17, 15) is 4.79 Å². The van der Waals surface area contributed by atoms with Crippen LogP contribution in [0, 0.1) is 6.92 Å². The second kappa shape index (κ2) is 7.33. The molecule has 3 N–H and O–H groups in total. The molecule has 1 atom stereocenters. The number of rotatable bonds is 7. The molecule has 1 heterocycles. The normalized spacial score (nSPS) is 12.2. The molecule has 0 aromatic carbocycles. The molecule has 0 radical (unpaired) electrons. The number of anilines is 1.